The zero-order valence-electron chi connectivity index (χ0n) is 18.7. The maximum absolute atomic E-state index is 13.1. The minimum Gasteiger partial charge on any atom is -0.338 e. The van der Waals surface area contributed by atoms with Gasteiger partial charge in [-0.2, -0.15) is 0 Å². The largest absolute Gasteiger partial charge is 0.338 e. The molecule has 0 radical (unpaired) electrons. The fourth-order valence-corrected chi connectivity index (χ4v) is 5.85. The third-order valence-corrected chi connectivity index (χ3v) is 7.76. The van der Waals surface area contributed by atoms with Gasteiger partial charge in [0.25, 0.3) is 11.1 Å². The van der Waals surface area contributed by atoms with Gasteiger partial charge in [-0.05, 0) is 74.4 Å². The number of para-hydroxylation sites is 1. The molecule has 1 aromatic heterocycles. The van der Waals surface area contributed by atoms with E-state index in [4.69, 9.17) is 0 Å². The van der Waals surface area contributed by atoms with Crippen LogP contribution in [0.15, 0.2) is 64.1 Å². The lowest BCUT2D eigenvalue weighted by atomic mass is 10.0. The van der Waals surface area contributed by atoms with Crippen molar-refractivity contribution in [3.05, 3.63) is 69.7 Å². The van der Waals surface area contributed by atoms with Crippen LogP contribution in [0.25, 0.3) is 17.0 Å². The first-order chi connectivity index (χ1) is 16.4. The molecule has 0 unspecified atom stereocenters. The molecule has 8 heteroatoms. The molecule has 0 bridgehead atoms. The topological polar surface area (TPSA) is 62.6 Å². The molecular formula is C26H24BrN3O3S. The van der Waals surface area contributed by atoms with Gasteiger partial charge in [0.1, 0.15) is 6.54 Å². The van der Waals surface area contributed by atoms with Crippen molar-refractivity contribution in [1.29, 1.82) is 0 Å². The smallest absolute Gasteiger partial charge is 0.298 e. The second-order valence-electron chi connectivity index (χ2n) is 8.66. The second-order valence-corrected chi connectivity index (χ2v) is 10.6. The Hall–Kier alpha value is -2.84. The van der Waals surface area contributed by atoms with Crippen molar-refractivity contribution in [2.45, 2.75) is 38.8 Å². The first-order valence-electron chi connectivity index (χ1n) is 11.3. The number of carbonyl (C=O) groups excluding carboxylic acids is 3. The number of rotatable bonds is 4. The highest BCUT2D eigenvalue weighted by Crippen LogP contribution is 2.37. The van der Waals surface area contributed by atoms with Crippen LogP contribution in [0.1, 0.15) is 31.7 Å². The van der Waals surface area contributed by atoms with Crippen molar-refractivity contribution < 1.29 is 14.4 Å². The van der Waals surface area contributed by atoms with E-state index in [0.29, 0.717) is 10.6 Å². The zero-order chi connectivity index (χ0) is 23.8. The number of likely N-dealkylation sites (tertiary alicyclic amines) is 1. The summed E-state index contributed by atoms with van der Waals surface area (Å²) in [6.45, 7) is 3.14. The van der Waals surface area contributed by atoms with E-state index in [-0.39, 0.29) is 29.6 Å². The molecule has 2 aliphatic heterocycles. The van der Waals surface area contributed by atoms with E-state index in [9.17, 15) is 14.4 Å². The van der Waals surface area contributed by atoms with E-state index in [1.807, 2.05) is 39.9 Å². The van der Waals surface area contributed by atoms with Crippen molar-refractivity contribution >= 4 is 67.4 Å². The van der Waals surface area contributed by atoms with Crippen molar-refractivity contribution in [3.8, 4) is 0 Å². The number of amides is 3. The number of aromatic nitrogens is 1. The van der Waals surface area contributed by atoms with Crippen LogP contribution in [-0.4, -0.2) is 39.1 Å². The fraction of sp³-hybridized carbons (Fsp3) is 0.269. The Morgan fingerprint density at radius 1 is 1.15 bits per heavy atom. The lowest BCUT2D eigenvalue weighted by Crippen LogP contribution is -2.43. The van der Waals surface area contributed by atoms with Crippen LogP contribution in [0.2, 0.25) is 0 Å². The first-order valence-corrected chi connectivity index (χ1v) is 12.9. The van der Waals surface area contributed by atoms with Crippen molar-refractivity contribution in [3.63, 3.8) is 0 Å². The predicted octanol–water partition coefficient (Wildman–Crippen LogP) is 6.05. The summed E-state index contributed by atoms with van der Waals surface area (Å²) in [7, 11) is 0. The van der Waals surface area contributed by atoms with Crippen LogP contribution < -0.4 is 4.90 Å². The molecule has 3 amide bonds. The number of fused-ring (bicyclic) bond motifs is 1. The highest BCUT2D eigenvalue weighted by molar-refractivity contribution is 9.10. The molecule has 0 aliphatic carbocycles. The van der Waals surface area contributed by atoms with Crippen molar-refractivity contribution in [2.75, 3.05) is 11.4 Å². The van der Waals surface area contributed by atoms with Crippen LogP contribution in [0, 0.1) is 0 Å². The third kappa shape index (κ3) is 4.32. The van der Waals surface area contributed by atoms with Gasteiger partial charge >= 0.3 is 0 Å². The number of nitrogens with zero attached hydrogens (tertiary/aromatic N) is 3. The Balaban J connectivity index is 1.49. The van der Waals surface area contributed by atoms with E-state index in [0.717, 1.165) is 58.5 Å². The van der Waals surface area contributed by atoms with Gasteiger partial charge in [-0.25, -0.2) is 4.90 Å². The van der Waals surface area contributed by atoms with Crippen LogP contribution in [-0.2, 0) is 16.1 Å². The molecule has 1 atom stereocenters. The Morgan fingerprint density at radius 3 is 2.71 bits per heavy atom. The van der Waals surface area contributed by atoms with Gasteiger partial charge in [0.2, 0.25) is 5.91 Å². The molecule has 2 fully saturated rings. The van der Waals surface area contributed by atoms with Gasteiger partial charge in [-0.15, -0.1) is 0 Å². The molecule has 3 heterocycles. The lowest BCUT2D eigenvalue weighted by Gasteiger charge is -2.33. The van der Waals surface area contributed by atoms with Crippen molar-refractivity contribution in [1.82, 2.24) is 9.47 Å². The minimum atomic E-state index is -0.338. The van der Waals surface area contributed by atoms with Crippen LogP contribution >= 0.6 is 27.7 Å². The molecule has 2 saturated heterocycles. The maximum atomic E-state index is 13.1. The van der Waals surface area contributed by atoms with Gasteiger partial charge in [0, 0.05) is 39.7 Å². The molecule has 0 N–H and O–H groups in total. The highest BCUT2D eigenvalue weighted by Gasteiger charge is 2.36. The molecule has 2 aromatic carbocycles. The number of carbonyl (C=O) groups is 3. The summed E-state index contributed by atoms with van der Waals surface area (Å²) in [5.74, 6) is -0.238. The molecule has 0 spiro atoms. The molecule has 0 saturated carbocycles. The fourth-order valence-electron chi connectivity index (χ4n) is 4.66. The van der Waals surface area contributed by atoms with E-state index in [1.54, 1.807) is 30.3 Å². The summed E-state index contributed by atoms with van der Waals surface area (Å²) in [5, 5.41) is 0.599. The third-order valence-electron chi connectivity index (χ3n) is 6.40. The normalized spacial score (nSPS) is 20.1. The molecular weight excluding hydrogens is 514 g/mol. The summed E-state index contributed by atoms with van der Waals surface area (Å²) in [6, 6.07) is 15.1. The Bertz CT molecular complexity index is 1320. The van der Waals surface area contributed by atoms with Crippen LogP contribution in [0.4, 0.5) is 10.5 Å². The number of anilines is 1. The first kappa shape index (κ1) is 22.9. The highest BCUT2D eigenvalue weighted by atomic mass is 79.9. The van der Waals surface area contributed by atoms with Gasteiger partial charge in [-0.1, -0.05) is 34.1 Å². The molecule has 34 heavy (non-hydrogen) atoms. The maximum Gasteiger partial charge on any atom is 0.298 e. The number of halogens is 1. The summed E-state index contributed by atoms with van der Waals surface area (Å²) in [4.78, 5) is 42.4. The summed E-state index contributed by atoms with van der Waals surface area (Å²) >= 11 is 4.46. The zero-order valence-corrected chi connectivity index (χ0v) is 21.1. The standard InChI is InChI=1S/C26H24BrN3O3S/c1-17-7-5-6-12-29(17)24(31)16-28-15-18(21-14-19(27)10-11-22(21)28)13-23-25(32)30(26(33)34-23)20-8-3-2-4-9-20/h2-4,8-11,13-15,17H,5-7,12,16H2,1H3/b23-13-/t17-/m0/s1. The Kier molecular flexibility index (Phi) is 6.36. The molecule has 6 nitrogen and oxygen atoms in total. The van der Waals surface area contributed by atoms with E-state index >= 15 is 0 Å². The van der Waals surface area contributed by atoms with Crippen molar-refractivity contribution in [2.24, 2.45) is 0 Å². The minimum absolute atomic E-state index is 0.1000. The Labute approximate surface area is 210 Å². The van der Waals surface area contributed by atoms with E-state index in [1.165, 1.54) is 4.90 Å². The number of hydrogen-bond donors (Lipinski definition) is 0. The van der Waals surface area contributed by atoms with E-state index in [2.05, 4.69) is 22.9 Å². The number of piperidine rings is 1. The SMILES string of the molecule is C[C@H]1CCCCN1C(=O)Cn1cc(/C=C2\SC(=O)N(c3ccccc3)C2=O)c2cc(Br)ccc21. The molecule has 174 valence electrons. The number of hydrogen-bond acceptors (Lipinski definition) is 4. The van der Waals surface area contributed by atoms with Gasteiger partial charge in [0.05, 0.1) is 10.6 Å². The van der Waals surface area contributed by atoms with Gasteiger partial charge < -0.3 is 9.47 Å². The number of benzene rings is 2. The van der Waals surface area contributed by atoms with Gasteiger partial charge in [0.15, 0.2) is 0 Å². The summed E-state index contributed by atoms with van der Waals surface area (Å²) < 4.78 is 2.85. The van der Waals surface area contributed by atoms with Crippen LogP contribution in [0.5, 0.6) is 0 Å². The number of imide groups is 1. The average Bonchev–Trinajstić information content (AvgIpc) is 3.30. The molecule has 5 rings (SSSR count). The predicted molar refractivity (Wildman–Crippen MR) is 140 cm³/mol. The quantitative estimate of drug-likeness (QED) is 0.380. The van der Waals surface area contributed by atoms with Gasteiger partial charge in [-0.3, -0.25) is 14.4 Å². The monoisotopic (exact) mass is 537 g/mol. The number of thioether (sulfide) groups is 1. The van der Waals surface area contributed by atoms with E-state index < -0.39 is 0 Å². The van der Waals surface area contributed by atoms with Crippen LogP contribution in [0.3, 0.4) is 0 Å². The molecule has 3 aromatic rings. The molecule has 2 aliphatic rings. The summed E-state index contributed by atoms with van der Waals surface area (Å²) in [5.41, 5.74) is 2.27. The lowest BCUT2D eigenvalue weighted by molar-refractivity contribution is -0.135. The average molecular weight is 538 g/mol. The second kappa shape index (κ2) is 9.43. The Morgan fingerprint density at radius 2 is 1.94 bits per heavy atom. The summed E-state index contributed by atoms with van der Waals surface area (Å²) in [6.07, 6.45) is 6.90.